The number of fused-ring (bicyclic) bond motifs is 1. The second-order valence-corrected chi connectivity index (χ2v) is 7.49. The van der Waals surface area contributed by atoms with Gasteiger partial charge in [-0.15, -0.1) is 5.10 Å². The zero-order chi connectivity index (χ0) is 19.7. The Hall–Kier alpha value is -2.78. The molecular formula is C19H26N8O. The first-order valence-corrected chi connectivity index (χ1v) is 9.44. The molecule has 0 spiro atoms. The molecule has 1 aliphatic rings. The molecule has 1 saturated heterocycles. The van der Waals surface area contributed by atoms with Crippen LogP contribution in [0.5, 0.6) is 0 Å². The lowest BCUT2D eigenvalue weighted by molar-refractivity contribution is 0.194. The van der Waals surface area contributed by atoms with Crippen molar-refractivity contribution in [2.75, 3.05) is 37.0 Å². The number of nitrogens with zero attached hydrogens (tertiary/aromatic N) is 7. The summed E-state index contributed by atoms with van der Waals surface area (Å²) in [4.78, 5) is 12.8. The average molecular weight is 382 g/mol. The first-order valence-electron chi connectivity index (χ1n) is 9.44. The Morgan fingerprint density at radius 2 is 2.11 bits per heavy atom. The average Bonchev–Trinajstić information content (AvgIpc) is 3.24. The third kappa shape index (κ3) is 3.76. The highest BCUT2D eigenvalue weighted by Gasteiger charge is 2.31. The van der Waals surface area contributed by atoms with Crippen LogP contribution in [0.4, 0.5) is 11.6 Å². The minimum Gasteiger partial charge on any atom is -0.391 e. The molecule has 4 rings (SSSR count). The normalized spacial score (nSPS) is 19.5. The number of aryl methyl sites for hydroxylation is 1. The van der Waals surface area contributed by atoms with E-state index >= 15 is 0 Å². The number of benzene rings is 1. The van der Waals surface area contributed by atoms with Gasteiger partial charge in [0.15, 0.2) is 0 Å². The summed E-state index contributed by atoms with van der Waals surface area (Å²) >= 11 is 0. The molecule has 2 N–H and O–H groups in total. The van der Waals surface area contributed by atoms with Crippen LogP contribution in [-0.4, -0.2) is 69.4 Å². The van der Waals surface area contributed by atoms with Crippen LogP contribution in [0.1, 0.15) is 12.0 Å². The zero-order valence-corrected chi connectivity index (χ0v) is 16.4. The van der Waals surface area contributed by atoms with Crippen molar-refractivity contribution in [2.24, 2.45) is 7.05 Å². The second kappa shape index (κ2) is 7.69. The molecule has 0 radical (unpaired) electrons. The fraction of sp³-hybridized carbons (Fsp3) is 0.474. The van der Waals surface area contributed by atoms with Crippen LogP contribution in [0.3, 0.4) is 0 Å². The van der Waals surface area contributed by atoms with E-state index in [0.717, 1.165) is 47.7 Å². The van der Waals surface area contributed by atoms with Gasteiger partial charge in [-0.3, -0.25) is 0 Å². The molecule has 3 heterocycles. The molecular weight excluding hydrogens is 356 g/mol. The Morgan fingerprint density at radius 1 is 1.25 bits per heavy atom. The Bertz CT molecular complexity index is 956. The van der Waals surface area contributed by atoms with Gasteiger partial charge in [0.05, 0.1) is 11.6 Å². The highest BCUT2D eigenvalue weighted by molar-refractivity contribution is 5.74. The van der Waals surface area contributed by atoms with Crippen LogP contribution < -0.4 is 15.1 Å². The van der Waals surface area contributed by atoms with Crippen LogP contribution >= 0.6 is 0 Å². The standard InChI is InChI=1S/C19H26N8O/c1-25(2)18-8-19(22-12-21-18)27-11-15(28)7-14(27)10-20-9-13-4-5-17-16(6-13)23-24-26(17)3/h4-6,8,12,14-15,20,28H,7,9-11H2,1-3H3/t14-,15-/m1/s1. The van der Waals surface area contributed by atoms with E-state index in [2.05, 4.69) is 42.6 Å². The smallest absolute Gasteiger partial charge is 0.134 e. The Balaban J connectivity index is 1.41. The molecule has 2 aromatic heterocycles. The highest BCUT2D eigenvalue weighted by Crippen LogP contribution is 2.25. The monoisotopic (exact) mass is 382 g/mol. The number of hydrogen-bond donors (Lipinski definition) is 2. The molecule has 0 bridgehead atoms. The van der Waals surface area contributed by atoms with Crippen molar-refractivity contribution >= 4 is 22.7 Å². The van der Waals surface area contributed by atoms with Crippen LogP contribution in [0.2, 0.25) is 0 Å². The third-order valence-electron chi connectivity index (χ3n) is 5.17. The maximum atomic E-state index is 10.2. The molecule has 1 fully saturated rings. The molecule has 0 unspecified atom stereocenters. The fourth-order valence-corrected chi connectivity index (χ4v) is 3.68. The largest absolute Gasteiger partial charge is 0.391 e. The molecule has 0 aliphatic carbocycles. The Kier molecular flexibility index (Phi) is 5.10. The van der Waals surface area contributed by atoms with Crippen molar-refractivity contribution in [3.63, 3.8) is 0 Å². The first kappa shape index (κ1) is 18.6. The molecule has 2 atom stereocenters. The summed E-state index contributed by atoms with van der Waals surface area (Å²) in [6, 6.07) is 8.34. The predicted octanol–water partition coefficient (Wildman–Crippen LogP) is 0.554. The number of hydrogen-bond acceptors (Lipinski definition) is 8. The molecule has 3 aromatic rings. The van der Waals surface area contributed by atoms with E-state index in [9.17, 15) is 5.11 Å². The predicted molar refractivity (Wildman–Crippen MR) is 108 cm³/mol. The van der Waals surface area contributed by atoms with Gasteiger partial charge in [0.25, 0.3) is 0 Å². The molecule has 28 heavy (non-hydrogen) atoms. The van der Waals surface area contributed by atoms with Gasteiger partial charge in [-0.1, -0.05) is 11.3 Å². The number of nitrogens with one attached hydrogen (secondary N) is 1. The van der Waals surface area contributed by atoms with Crippen molar-refractivity contribution in [3.8, 4) is 0 Å². The molecule has 0 amide bonds. The quantitative estimate of drug-likeness (QED) is 0.638. The lowest BCUT2D eigenvalue weighted by Crippen LogP contribution is -2.38. The topological polar surface area (TPSA) is 95.2 Å². The first-order chi connectivity index (χ1) is 13.5. The van der Waals surface area contributed by atoms with Crippen molar-refractivity contribution in [2.45, 2.75) is 25.1 Å². The minimum absolute atomic E-state index is 0.181. The summed E-state index contributed by atoms with van der Waals surface area (Å²) < 4.78 is 1.77. The van der Waals surface area contributed by atoms with Gasteiger partial charge in [0.2, 0.25) is 0 Å². The van der Waals surface area contributed by atoms with Gasteiger partial charge < -0.3 is 20.2 Å². The van der Waals surface area contributed by atoms with Crippen molar-refractivity contribution in [1.29, 1.82) is 0 Å². The summed E-state index contributed by atoms with van der Waals surface area (Å²) in [5.74, 6) is 1.71. The van der Waals surface area contributed by atoms with E-state index in [1.54, 1.807) is 11.0 Å². The highest BCUT2D eigenvalue weighted by atomic mass is 16.3. The van der Waals surface area contributed by atoms with Crippen molar-refractivity contribution in [3.05, 3.63) is 36.2 Å². The van der Waals surface area contributed by atoms with E-state index < -0.39 is 0 Å². The molecule has 1 aliphatic heterocycles. The number of rotatable bonds is 6. The van der Waals surface area contributed by atoms with Crippen molar-refractivity contribution in [1.82, 2.24) is 30.3 Å². The molecule has 1 aromatic carbocycles. The fourth-order valence-electron chi connectivity index (χ4n) is 3.68. The van der Waals surface area contributed by atoms with Crippen molar-refractivity contribution < 1.29 is 5.11 Å². The van der Waals surface area contributed by atoms with Gasteiger partial charge in [-0.05, 0) is 24.1 Å². The van der Waals surface area contributed by atoms with Gasteiger partial charge in [-0.2, -0.15) is 0 Å². The maximum Gasteiger partial charge on any atom is 0.134 e. The lowest BCUT2D eigenvalue weighted by Gasteiger charge is -2.26. The molecule has 148 valence electrons. The van der Waals surface area contributed by atoms with Gasteiger partial charge in [0.1, 0.15) is 23.5 Å². The number of aromatic nitrogens is 5. The van der Waals surface area contributed by atoms with Crippen LogP contribution in [-0.2, 0) is 13.6 Å². The van der Waals surface area contributed by atoms with E-state index in [4.69, 9.17) is 0 Å². The SMILES string of the molecule is CN(C)c1cc(N2C[C@H](O)C[C@@H]2CNCc2ccc3c(c2)nnn3C)ncn1. The van der Waals surface area contributed by atoms with Gasteiger partial charge in [-0.25, -0.2) is 14.6 Å². The molecule has 0 saturated carbocycles. The van der Waals surface area contributed by atoms with Crippen LogP contribution in [0, 0.1) is 0 Å². The van der Waals surface area contributed by atoms with Crippen LogP contribution in [0.15, 0.2) is 30.6 Å². The van der Waals surface area contributed by atoms with E-state index in [0.29, 0.717) is 6.54 Å². The molecule has 9 heteroatoms. The van der Waals surface area contributed by atoms with Crippen LogP contribution in [0.25, 0.3) is 11.0 Å². The molecule has 9 nitrogen and oxygen atoms in total. The van der Waals surface area contributed by atoms with Gasteiger partial charge in [0, 0.05) is 52.9 Å². The summed E-state index contributed by atoms with van der Waals surface area (Å²) in [7, 11) is 5.80. The number of β-amino-alcohol motifs (C(OH)–C–C–N with tert-alkyl or cyclic N) is 1. The number of anilines is 2. The Morgan fingerprint density at radius 3 is 2.93 bits per heavy atom. The van der Waals surface area contributed by atoms with Gasteiger partial charge >= 0.3 is 0 Å². The van der Waals surface area contributed by atoms with E-state index in [1.807, 2.05) is 38.2 Å². The number of aliphatic hydroxyl groups excluding tert-OH is 1. The third-order valence-corrected chi connectivity index (χ3v) is 5.17. The maximum absolute atomic E-state index is 10.2. The second-order valence-electron chi connectivity index (χ2n) is 7.49. The summed E-state index contributed by atoms with van der Waals surface area (Å²) in [6.07, 6.45) is 1.95. The van der Waals surface area contributed by atoms with E-state index in [-0.39, 0.29) is 12.1 Å². The lowest BCUT2D eigenvalue weighted by atomic mass is 10.1. The zero-order valence-electron chi connectivity index (χ0n) is 16.4. The Labute approximate surface area is 164 Å². The minimum atomic E-state index is -0.347. The summed E-state index contributed by atoms with van der Waals surface area (Å²) in [5, 5.41) is 21.9. The summed E-state index contributed by atoms with van der Waals surface area (Å²) in [5.41, 5.74) is 3.08. The van der Waals surface area contributed by atoms with E-state index in [1.165, 1.54) is 0 Å². The summed E-state index contributed by atoms with van der Waals surface area (Å²) in [6.45, 7) is 2.08. The number of aliphatic hydroxyl groups is 1.